The van der Waals surface area contributed by atoms with Crippen LogP contribution in [0.25, 0.3) is 22.2 Å². The first-order valence-corrected chi connectivity index (χ1v) is 13.0. The number of hydrogen-bond acceptors (Lipinski definition) is 4. The van der Waals surface area contributed by atoms with Crippen molar-refractivity contribution in [1.29, 1.82) is 0 Å². The summed E-state index contributed by atoms with van der Waals surface area (Å²) in [4.78, 5) is 39.4. The number of amides is 2. The van der Waals surface area contributed by atoms with Crippen molar-refractivity contribution in [3.05, 3.63) is 53.9 Å². The monoisotopic (exact) mass is 481 g/mol. The molecule has 1 spiro atoms. The number of fused-ring (bicyclic) bond motifs is 1. The topological polar surface area (TPSA) is 70.8 Å². The molecule has 0 N–H and O–H groups in total. The van der Waals surface area contributed by atoms with Gasteiger partial charge in [-0.05, 0) is 61.4 Å². The van der Waals surface area contributed by atoms with Crippen LogP contribution in [0.5, 0.6) is 0 Å². The molecule has 36 heavy (non-hydrogen) atoms. The molecule has 2 saturated carbocycles. The van der Waals surface area contributed by atoms with Crippen LogP contribution in [0.15, 0.2) is 47.7 Å². The van der Waals surface area contributed by atoms with Crippen LogP contribution in [0.3, 0.4) is 0 Å². The number of likely N-dealkylation sites (tertiary alicyclic amines) is 1. The molecule has 4 aliphatic rings. The fraction of sp³-hybridized carbons (Fsp3) is 0.448. The van der Waals surface area contributed by atoms with Crippen molar-refractivity contribution in [2.75, 3.05) is 19.6 Å². The van der Waals surface area contributed by atoms with E-state index in [0.29, 0.717) is 12.5 Å². The highest BCUT2D eigenvalue weighted by molar-refractivity contribution is 6.17. The number of amidine groups is 1. The minimum atomic E-state index is -0.537. The highest BCUT2D eigenvalue weighted by Crippen LogP contribution is 2.48. The van der Waals surface area contributed by atoms with Crippen LogP contribution in [-0.4, -0.2) is 62.2 Å². The van der Waals surface area contributed by atoms with E-state index in [9.17, 15) is 9.59 Å². The van der Waals surface area contributed by atoms with Gasteiger partial charge >= 0.3 is 0 Å². The molecule has 0 atom stereocenters. The van der Waals surface area contributed by atoms with Gasteiger partial charge in [-0.2, -0.15) is 0 Å². The predicted molar refractivity (Wildman–Crippen MR) is 139 cm³/mol. The summed E-state index contributed by atoms with van der Waals surface area (Å²) in [7, 11) is 2.00. The van der Waals surface area contributed by atoms with Crippen LogP contribution in [-0.2, 0) is 16.6 Å². The third-order valence-electron chi connectivity index (χ3n) is 8.67. The van der Waals surface area contributed by atoms with Crippen LogP contribution < -0.4 is 0 Å². The number of hydrogen-bond donors (Lipinski definition) is 0. The van der Waals surface area contributed by atoms with Gasteiger partial charge in [0.1, 0.15) is 11.4 Å². The molecule has 3 fully saturated rings. The summed E-state index contributed by atoms with van der Waals surface area (Å²) < 4.78 is 2.02. The average molecular weight is 482 g/mol. The highest BCUT2D eigenvalue weighted by Gasteiger charge is 2.58. The number of aromatic nitrogens is 2. The minimum Gasteiger partial charge on any atom is -0.341 e. The summed E-state index contributed by atoms with van der Waals surface area (Å²) in [6, 6.07) is 12.8. The molecule has 1 saturated heterocycles. The SMILES string of the molecule is Cc1cc(-c2ccc3c(c2)ncn3C)ccc1C1=NC2(CC2)C(=O)N1CC1CN(C(=O)C2(C)CC2)C1. The van der Waals surface area contributed by atoms with Gasteiger partial charge in [0.15, 0.2) is 0 Å². The molecule has 184 valence electrons. The molecular weight excluding hydrogens is 450 g/mol. The lowest BCUT2D eigenvalue weighted by atomic mass is 9.95. The maximum absolute atomic E-state index is 13.4. The summed E-state index contributed by atoms with van der Waals surface area (Å²) in [5, 5.41) is 0. The number of benzene rings is 2. The zero-order chi connectivity index (χ0) is 24.8. The third kappa shape index (κ3) is 3.25. The molecule has 2 amide bonds. The number of nitrogens with zero attached hydrogens (tertiary/aromatic N) is 5. The Morgan fingerprint density at radius 2 is 1.78 bits per heavy atom. The van der Waals surface area contributed by atoms with Gasteiger partial charge in [0.25, 0.3) is 5.91 Å². The van der Waals surface area contributed by atoms with Crippen molar-refractivity contribution in [2.24, 2.45) is 23.4 Å². The fourth-order valence-corrected chi connectivity index (χ4v) is 5.78. The summed E-state index contributed by atoms with van der Waals surface area (Å²) >= 11 is 0. The van der Waals surface area contributed by atoms with Gasteiger partial charge < -0.3 is 9.47 Å². The Hall–Kier alpha value is -3.48. The van der Waals surface area contributed by atoms with Crippen molar-refractivity contribution in [1.82, 2.24) is 19.4 Å². The van der Waals surface area contributed by atoms with E-state index < -0.39 is 5.54 Å². The summed E-state index contributed by atoms with van der Waals surface area (Å²) in [5.41, 5.74) is 5.81. The molecule has 3 heterocycles. The number of aryl methyl sites for hydroxylation is 2. The Morgan fingerprint density at radius 1 is 1.06 bits per heavy atom. The second-order valence-electron chi connectivity index (χ2n) is 11.6. The zero-order valence-corrected chi connectivity index (χ0v) is 21.1. The van der Waals surface area contributed by atoms with E-state index in [1.54, 1.807) is 0 Å². The normalized spacial score (nSPS) is 21.8. The molecule has 7 heteroatoms. The molecule has 0 bridgehead atoms. The van der Waals surface area contributed by atoms with E-state index in [-0.39, 0.29) is 17.2 Å². The second-order valence-corrected chi connectivity index (χ2v) is 11.6. The van der Waals surface area contributed by atoms with E-state index in [1.165, 1.54) is 0 Å². The van der Waals surface area contributed by atoms with Gasteiger partial charge in [0.2, 0.25) is 5.91 Å². The Bertz CT molecular complexity index is 1470. The molecule has 2 aliphatic heterocycles. The molecule has 0 unspecified atom stereocenters. The van der Waals surface area contributed by atoms with Gasteiger partial charge in [-0.1, -0.05) is 31.2 Å². The molecule has 2 aromatic carbocycles. The van der Waals surface area contributed by atoms with E-state index in [2.05, 4.69) is 55.2 Å². The smallest absolute Gasteiger partial charge is 0.256 e. The molecule has 7 nitrogen and oxygen atoms in total. The third-order valence-corrected chi connectivity index (χ3v) is 8.67. The van der Waals surface area contributed by atoms with Gasteiger partial charge in [-0.25, -0.2) is 4.98 Å². The average Bonchev–Trinajstić information content (AvgIpc) is 3.74. The van der Waals surface area contributed by atoms with Crippen LogP contribution in [0.4, 0.5) is 0 Å². The van der Waals surface area contributed by atoms with Crippen molar-refractivity contribution in [3.63, 3.8) is 0 Å². The van der Waals surface area contributed by atoms with E-state index in [4.69, 9.17) is 4.99 Å². The number of carbonyl (C=O) groups is 2. The molecule has 7 rings (SSSR count). The van der Waals surface area contributed by atoms with Gasteiger partial charge in [-0.3, -0.25) is 19.5 Å². The second kappa shape index (κ2) is 7.28. The Labute approximate surface area is 210 Å². The molecular formula is C29H31N5O2. The lowest BCUT2D eigenvalue weighted by molar-refractivity contribution is -0.143. The van der Waals surface area contributed by atoms with Crippen LogP contribution in [0.2, 0.25) is 0 Å². The minimum absolute atomic E-state index is 0.126. The predicted octanol–water partition coefficient (Wildman–Crippen LogP) is 3.93. The molecule has 1 aromatic heterocycles. The highest BCUT2D eigenvalue weighted by atomic mass is 16.2. The van der Waals surface area contributed by atoms with Crippen LogP contribution in [0.1, 0.15) is 43.7 Å². The largest absolute Gasteiger partial charge is 0.341 e. The maximum Gasteiger partial charge on any atom is 0.256 e. The van der Waals surface area contributed by atoms with E-state index >= 15 is 0 Å². The van der Waals surface area contributed by atoms with Crippen LogP contribution in [0, 0.1) is 18.3 Å². The van der Waals surface area contributed by atoms with Crippen molar-refractivity contribution in [2.45, 2.75) is 45.1 Å². The van der Waals surface area contributed by atoms with Gasteiger partial charge in [0, 0.05) is 43.6 Å². The number of imidazole rings is 1. The summed E-state index contributed by atoms with van der Waals surface area (Å²) in [6.45, 7) is 6.28. The van der Waals surface area contributed by atoms with E-state index in [0.717, 1.165) is 77.9 Å². The molecule has 2 aliphatic carbocycles. The number of rotatable bonds is 5. The quantitative estimate of drug-likeness (QED) is 0.555. The Kier molecular flexibility index (Phi) is 4.40. The molecule has 3 aromatic rings. The van der Waals surface area contributed by atoms with Crippen LogP contribution >= 0.6 is 0 Å². The standard InChI is InChI=1S/C29H31N5O2/c1-18-12-20(21-5-7-24-23(13-21)30-17-32(24)3)4-6-22(18)25-31-29(10-11-29)27(36)34(25)16-19-14-33(15-19)26(35)28(2)8-9-28/h4-7,12-13,17,19H,8-11,14-16H2,1-3H3. The van der Waals surface area contributed by atoms with Gasteiger partial charge in [0.05, 0.1) is 17.4 Å². The van der Waals surface area contributed by atoms with Crippen molar-refractivity contribution < 1.29 is 9.59 Å². The first-order valence-electron chi connectivity index (χ1n) is 13.0. The Balaban J connectivity index is 1.13. The lowest BCUT2D eigenvalue weighted by Crippen LogP contribution is -2.56. The van der Waals surface area contributed by atoms with E-state index in [1.807, 2.05) is 27.7 Å². The first kappa shape index (κ1) is 21.8. The zero-order valence-electron chi connectivity index (χ0n) is 21.1. The molecule has 0 radical (unpaired) electrons. The lowest BCUT2D eigenvalue weighted by Gasteiger charge is -2.42. The fourth-order valence-electron chi connectivity index (χ4n) is 5.78. The van der Waals surface area contributed by atoms with Gasteiger partial charge in [-0.15, -0.1) is 0 Å². The van der Waals surface area contributed by atoms with Crippen molar-refractivity contribution >= 4 is 28.7 Å². The van der Waals surface area contributed by atoms with Crippen molar-refractivity contribution in [3.8, 4) is 11.1 Å². The maximum atomic E-state index is 13.4. The number of aliphatic imine (C=N–C) groups is 1. The first-order chi connectivity index (χ1) is 17.3. The Morgan fingerprint density at radius 3 is 2.47 bits per heavy atom. The summed E-state index contributed by atoms with van der Waals surface area (Å²) in [5.74, 6) is 1.54. The summed E-state index contributed by atoms with van der Waals surface area (Å²) in [6.07, 6.45) is 5.51. The number of carbonyl (C=O) groups excluding carboxylic acids is 2.